The van der Waals surface area contributed by atoms with Gasteiger partial charge in [0, 0.05) is 5.54 Å². The molecule has 0 aliphatic carbocycles. The second-order valence-corrected chi connectivity index (χ2v) is 5.84. The number of rotatable bonds is 1. The molecular weight excluding hydrogens is 182 g/mol. The van der Waals surface area contributed by atoms with Gasteiger partial charge in [-0.3, -0.25) is 0 Å². The van der Waals surface area contributed by atoms with Gasteiger partial charge >= 0.3 is 0 Å². The molecule has 1 nitrogen and oxygen atoms in total. The fourth-order valence-corrected chi connectivity index (χ4v) is 2.08. The van der Waals surface area contributed by atoms with Gasteiger partial charge in [-0.05, 0) is 36.4 Å². The van der Waals surface area contributed by atoms with Crippen molar-refractivity contribution < 1.29 is 0 Å². The van der Waals surface area contributed by atoms with Crippen LogP contribution in [0.5, 0.6) is 0 Å². The van der Waals surface area contributed by atoms with Crippen molar-refractivity contribution >= 4 is 0 Å². The van der Waals surface area contributed by atoms with Crippen molar-refractivity contribution in [3.05, 3.63) is 35.4 Å². The van der Waals surface area contributed by atoms with Crippen LogP contribution in [0, 0.1) is 0 Å². The maximum atomic E-state index is 3.50. The molecule has 1 aliphatic heterocycles. The first-order chi connectivity index (χ1) is 6.92. The van der Waals surface area contributed by atoms with E-state index in [1.54, 1.807) is 0 Å². The molecule has 1 heteroatoms. The summed E-state index contributed by atoms with van der Waals surface area (Å²) in [6.45, 7) is 10.2. The van der Waals surface area contributed by atoms with Crippen molar-refractivity contribution in [1.82, 2.24) is 5.32 Å². The molecule has 1 N–H and O–H groups in total. The Labute approximate surface area is 92.9 Å². The Kier molecular flexibility index (Phi) is 2.38. The summed E-state index contributed by atoms with van der Waals surface area (Å²) in [6.07, 6.45) is 1.25. The van der Waals surface area contributed by atoms with E-state index in [4.69, 9.17) is 0 Å². The molecule has 0 saturated carbocycles. The number of hydrogen-bond donors (Lipinski definition) is 1. The zero-order valence-electron chi connectivity index (χ0n) is 10.2. The zero-order chi connectivity index (χ0) is 11.1. The van der Waals surface area contributed by atoms with Gasteiger partial charge in [-0.1, -0.05) is 45.0 Å². The highest BCUT2D eigenvalue weighted by Crippen LogP contribution is 2.32. The number of hydrogen-bond acceptors (Lipinski definition) is 1. The van der Waals surface area contributed by atoms with Gasteiger partial charge in [-0.2, -0.15) is 0 Å². The van der Waals surface area contributed by atoms with Crippen LogP contribution in [0.2, 0.25) is 0 Å². The normalized spacial score (nSPS) is 26.1. The monoisotopic (exact) mass is 203 g/mol. The van der Waals surface area contributed by atoms with Gasteiger partial charge in [0.15, 0.2) is 0 Å². The van der Waals surface area contributed by atoms with Crippen LogP contribution in [0.4, 0.5) is 0 Å². The van der Waals surface area contributed by atoms with Crippen molar-refractivity contribution in [1.29, 1.82) is 0 Å². The van der Waals surface area contributed by atoms with Crippen LogP contribution in [-0.4, -0.2) is 6.54 Å². The first-order valence-electron chi connectivity index (χ1n) is 5.78. The lowest BCUT2D eigenvalue weighted by Gasteiger charge is -2.40. The average molecular weight is 203 g/mol. The predicted molar refractivity (Wildman–Crippen MR) is 65.1 cm³/mol. The first kappa shape index (κ1) is 10.7. The Morgan fingerprint density at radius 3 is 2.00 bits per heavy atom. The lowest BCUT2D eigenvalue weighted by molar-refractivity contribution is 0.237. The van der Waals surface area contributed by atoms with Gasteiger partial charge in [-0.25, -0.2) is 0 Å². The van der Waals surface area contributed by atoms with Crippen LogP contribution in [-0.2, 0) is 11.0 Å². The molecule has 1 saturated heterocycles. The van der Waals surface area contributed by atoms with Gasteiger partial charge < -0.3 is 5.32 Å². The van der Waals surface area contributed by atoms with Crippen LogP contribution in [0.25, 0.3) is 0 Å². The summed E-state index contributed by atoms with van der Waals surface area (Å²) in [5.74, 6) is 0. The highest BCUT2D eigenvalue weighted by molar-refractivity contribution is 5.32. The molecule has 0 amide bonds. The molecule has 0 spiro atoms. The molecule has 15 heavy (non-hydrogen) atoms. The van der Waals surface area contributed by atoms with Crippen LogP contribution in [0.1, 0.15) is 45.2 Å². The average Bonchev–Trinajstić information content (AvgIpc) is 2.13. The molecule has 1 atom stereocenters. The van der Waals surface area contributed by atoms with Gasteiger partial charge in [0.05, 0.1) is 0 Å². The van der Waals surface area contributed by atoms with Crippen molar-refractivity contribution in [3.63, 3.8) is 0 Å². The van der Waals surface area contributed by atoms with Crippen molar-refractivity contribution in [2.75, 3.05) is 6.54 Å². The van der Waals surface area contributed by atoms with E-state index in [2.05, 4.69) is 57.3 Å². The van der Waals surface area contributed by atoms with E-state index in [-0.39, 0.29) is 11.0 Å². The van der Waals surface area contributed by atoms with E-state index in [0.29, 0.717) is 0 Å². The SMILES string of the molecule is CC(C)(C)c1ccc(C2(C)CCN2)cc1. The predicted octanol–water partition coefficient (Wildman–Crippen LogP) is 3.19. The molecule has 0 aromatic heterocycles. The summed E-state index contributed by atoms with van der Waals surface area (Å²) >= 11 is 0. The Morgan fingerprint density at radius 2 is 1.67 bits per heavy atom. The zero-order valence-corrected chi connectivity index (χ0v) is 10.2. The fourth-order valence-electron chi connectivity index (χ4n) is 2.08. The van der Waals surface area contributed by atoms with E-state index in [9.17, 15) is 0 Å². The van der Waals surface area contributed by atoms with Crippen molar-refractivity contribution in [2.45, 2.75) is 45.1 Å². The molecule has 82 valence electrons. The fraction of sp³-hybridized carbons (Fsp3) is 0.571. The minimum absolute atomic E-state index is 0.233. The highest BCUT2D eigenvalue weighted by Gasteiger charge is 2.32. The third kappa shape index (κ3) is 1.93. The molecule has 1 aliphatic rings. The second-order valence-electron chi connectivity index (χ2n) is 5.84. The molecule has 1 aromatic rings. The summed E-state index contributed by atoms with van der Waals surface area (Å²) in [4.78, 5) is 0. The van der Waals surface area contributed by atoms with Crippen LogP contribution in [0.3, 0.4) is 0 Å². The lowest BCUT2D eigenvalue weighted by Crippen LogP contribution is -2.51. The summed E-state index contributed by atoms with van der Waals surface area (Å²) in [6, 6.07) is 9.07. The van der Waals surface area contributed by atoms with Gasteiger partial charge in [0.25, 0.3) is 0 Å². The molecule has 0 radical (unpaired) electrons. The minimum Gasteiger partial charge on any atom is -0.307 e. The maximum Gasteiger partial charge on any atom is 0.0418 e. The number of benzene rings is 1. The molecular formula is C14H21N. The lowest BCUT2D eigenvalue weighted by atomic mass is 9.80. The van der Waals surface area contributed by atoms with Crippen LogP contribution < -0.4 is 5.32 Å². The maximum absolute atomic E-state index is 3.50. The Balaban J connectivity index is 2.24. The van der Waals surface area contributed by atoms with E-state index in [1.807, 2.05) is 0 Å². The van der Waals surface area contributed by atoms with Gasteiger partial charge in [0.2, 0.25) is 0 Å². The Hall–Kier alpha value is -0.820. The van der Waals surface area contributed by atoms with E-state index >= 15 is 0 Å². The van der Waals surface area contributed by atoms with Crippen molar-refractivity contribution in [3.8, 4) is 0 Å². The minimum atomic E-state index is 0.233. The molecule has 1 aromatic carbocycles. The third-order valence-corrected chi connectivity index (χ3v) is 3.53. The molecule has 1 fully saturated rings. The van der Waals surface area contributed by atoms with E-state index in [0.717, 1.165) is 6.54 Å². The Bertz CT molecular complexity index is 339. The summed E-state index contributed by atoms with van der Waals surface area (Å²) in [7, 11) is 0. The summed E-state index contributed by atoms with van der Waals surface area (Å²) < 4.78 is 0. The van der Waals surface area contributed by atoms with Gasteiger partial charge in [0.1, 0.15) is 0 Å². The van der Waals surface area contributed by atoms with Crippen molar-refractivity contribution in [2.24, 2.45) is 0 Å². The topological polar surface area (TPSA) is 12.0 Å². The van der Waals surface area contributed by atoms with Crippen LogP contribution >= 0.6 is 0 Å². The van der Waals surface area contributed by atoms with Gasteiger partial charge in [-0.15, -0.1) is 0 Å². The summed E-state index contributed by atoms with van der Waals surface area (Å²) in [5.41, 5.74) is 3.32. The smallest absolute Gasteiger partial charge is 0.0418 e. The molecule has 1 unspecified atom stereocenters. The molecule has 0 bridgehead atoms. The third-order valence-electron chi connectivity index (χ3n) is 3.53. The quantitative estimate of drug-likeness (QED) is 0.739. The number of nitrogens with one attached hydrogen (secondary N) is 1. The Morgan fingerprint density at radius 1 is 1.13 bits per heavy atom. The second kappa shape index (κ2) is 3.34. The van der Waals surface area contributed by atoms with Crippen LogP contribution in [0.15, 0.2) is 24.3 Å². The summed E-state index contributed by atoms with van der Waals surface area (Å²) in [5, 5.41) is 3.50. The first-order valence-corrected chi connectivity index (χ1v) is 5.78. The highest BCUT2D eigenvalue weighted by atomic mass is 15.0. The van der Waals surface area contributed by atoms with E-state index < -0.39 is 0 Å². The molecule has 1 heterocycles. The standard InChI is InChI=1S/C14H21N/c1-13(2,3)11-5-7-12(8-6-11)14(4)9-10-15-14/h5-8,15H,9-10H2,1-4H3. The largest absolute Gasteiger partial charge is 0.307 e. The van der Waals surface area contributed by atoms with E-state index in [1.165, 1.54) is 17.5 Å². The molecule has 2 rings (SSSR count).